The molecule has 0 saturated carbocycles. The number of rotatable bonds is 7. The van der Waals surface area contributed by atoms with Gasteiger partial charge in [-0.25, -0.2) is 0 Å². The third-order valence-corrected chi connectivity index (χ3v) is 4.14. The Morgan fingerprint density at radius 1 is 1.00 bits per heavy atom. The summed E-state index contributed by atoms with van der Waals surface area (Å²) in [6, 6.07) is 7.15. The van der Waals surface area contributed by atoms with E-state index in [2.05, 4.69) is 5.32 Å². The number of ether oxygens (including phenoxy) is 2. The predicted molar refractivity (Wildman–Crippen MR) is 94.9 cm³/mol. The minimum Gasteiger partial charge on any atom is -0.497 e. The topological polar surface area (TPSA) is 88.2 Å². The van der Waals surface area contributed by atoms with Crippen LogP contribution in [0.3, 0.4) is 0 Å². The molecule has 1 heterocycles. The van der Waals surface area contributed by atoms with Crippen molar-refractivity contribution in [2.75, 3.05) is 46.4 Å². The van der Waals surface area contributed by atoms with Crippen molar-refractivity contribution in [2.45, 2.75) is 13.3 Å². The van der Waals surface area contributed by atoms with Crippen molar-refractivity contribution in [1.29, 1.82) is 0 Å². The van der Waals surface area contributed by atoms with Crippen molar-refractivity contribution in [3.63, 3.8) is 0 Å². The molecule has 1 aliphatic heterocycles. The lowest BCUT2D eigenvalue weighted by atomic mass is 10.2. The second kappa shape index (κ2) is 9.65. The van der Waals surface area contributed by atoms with Crippen LogP contribution in [0.1, 0.15) is 13.3 Å². The summed E-state index contributed by atoms with van der Waals surface area (Å²) < 4.78 is 10.6. The molecule has 3 amide bonds. The Kier molecular flexibility index (Phi) is 7.25. The van der Waals surface area contributed by atoms with Gasteiger partial charge in [-0.2, -0.15) is 0 Å². The molecule has 0 radical (unpaired) electrons. The molecule has 0 spiro atoms. The summed E-state index contributed by atoms with van der Waals surface area (Å²) in [7, 11) is 1.59. The van der Waals surface area contributed by atoms with Gasteiger partial charge in [-0.05, 0) is 24.3 Å². The molecule has 0 bridgehead atoms. The maximum Gasteiger partial charge on any atom is 0.232 e. The number of carbonyl (C=O) groups excluding carboxylic acids is 3. The SMILES string of the molecule is COc1ccc(OCCNC(=O)CC(=O)N2CCN(C(C)=O)CC2)cc1. The van der Waals surface area contributed by atoms with Gasteiger partial charge in [0.1, 0.15) is 24.5 Å². The summed E-state index contributed by atoms with van der Waals surface area (Å²) in [6.07, 6.45) is -0.192. The normalized spacial score (nSPS) is 13.9. The van der Waals surface area contributed by atoms with Crippen molar-refractivity contribution >= 4 is 17.7 Å². The molecule has 1 aliphatic rings. The van der Waals surface area contributed by atoms with Gasteiger partial charge in [0, 0.05) is 33.1 Å². The van der Waals surface area contributed by atoms with Crippen molar-refractivity contribution in [1.82, 2.24) is 15.1 Å². The van der Waals surface area contributed by atoms with Crippen LogP contribution in [0.25, 0.3) is 0 Å². The zero-order valence-electron chi connectivity index (χ0n) is 15.2. The largest absolute Gasteiger partial charge is 0.497 e. The van der Waals surface area contributed by atoms with Gasteiger partial charge < -0.3 is 24.6 Å². The van der Waals surface area contributed by atoms with Crippen molar-refractivity contribution < 1.29 is 23.9 Å². The molecule has 0 unspecified atom stereocenters. The van der Waals surface area contributed by atoms with Crippen molar-refractivity contribution in [3.05, 3.63) is 24.3 Å². The fraction of sp³-hybridized carbons (Fsp3) is 0.500. The van der Waals surface area contributed by atoms with Gasteiger partial charge in [-0.15, -0.1) is 0 Å². The third kappa shape index (κ3) is 5.94. The highest BCUT2D eigenvalue weighted by molar-refractivity contribution is 5.97. The first-order valence-corrected chi connectivity index (χ1v) is 8.56. The molecule has 1 saturated heterocycles. The molecule has 26 heavy (non-hydrogen) atoms. The second-order valence-corrected chi connectivity index (χ2v) is 5.94. The van der Waals surface area contributed by atoms with Crippen LogP contribution in [-0.4, -0.2) is 74.0 Å². The maximum atomic E-state index is 12.1. The average Bonchev–Trinajstić information content (AvgIpc) is 2.65. The molecule has 142 valence electrons. The first-order chi connectivity index (χ1) is 12.5. The van der Waals surface area contributed by atoms with Gasteiger partial charge in [0.15, 0.2) is 0 Å². The first kappa shape index (κ1) is 19.6. The van der Waals surface area contributed by atoms with E-state index in [1.54, 1.807) is 41.2 Å². The van der Waals surface area contributed by atoms with E-state index >= 15 is 0 Å². The lowest BCUT2D eigenvalue weighted by Gasteiger charge is -2.34. The highest BCUT2D eigenvalue weighted by Gasteiger charge is 2.23. The predicted octanol–water partition coefficient (Wildman–Crippen LogP) is 0.271. The molecule has 8 nitrogen and oxygen atoms in total. The molecule has 2 rings (SSSR count). The Labute approximate surface area is 153 Å². The molecule has 1 aromatic rings. The molecule has 1 aromatic carbocycles. The fourth-order valence-corrected chi connectivity index (χ4v) is 2.61. The zero-order chi connectivity index (χ0) is 18.9. The van der Waals surface area contributed by atoms with Crippen molar-refractivity contribution in [2.24, 2.45) is 0 Å². The van der Waals surface area contributed by atoms with Gasteiger partial charge in [-0.3, -0.25) is 14.4 Å². The van der Waals surface area contributed by atoms with E-state index in [-0.39, 0.29) is 24.1 Å². The van der Waals surface area contributed by atoms with E-state index in [9.17, 15) is 14.4 Å². The minimum absolute atomic E-state index is 0.00621. The average molecular weight is 363 g/mol. The number of hydrogen-bond acceptors (Lipinski definition) is 5. The van der Waals surface area contributed by atoms with Crippen LogP contribution in [-0.2, 0) is 14.4 Å². The van der Waals surface area contributed by atoms with E-state index in [4.69, 9.17) is 9.47 Å². The molecular formula is C18H25N3O5. The van der Waals surface area contributed by atoms with Crippen LogP contribution in [0.15, 0.2) is 24.3 Å². The van der Waals surface area contributed by atoms with Crippen LogP contribution < -0.4 is 14.8 Å². The summed E-state index contributed by atoms with van der Waals surface area (Å²) in [5.74, 6) is 0.878. The maximum absolute atomic E-state index is 12.1. The van der Waals surface area contributed by atoms with Crippen LogP contribution in [0.2, 0.25) is 0 Å². The highest BCUT2D eigenvalue weighted by Crippen LogP contribution is 2.16. The standard InChI is InChI=1S/C18H25N3O5/c1-14(22)20-8-10-21(11-9-20)18(24)13-17(23)19-7-12-26-16-5-3-15(25-2)4-6-16/h3-6H,7-13H2,1-2H3,(H,19,23). The van der Waals surface area contributed by atoms with Gasteiger partial charge >= 0.3 is 0 Å². The molecule has 0 aromatic heterocycles. The lowest BCUT2D eigenvalue weighted by Crippen LogP contribution is -2.50. The van der Waals surface area contributed by atoms with Gasteiger partial charge in [-0.1, -0.05) is 0 Å². The summed E-state index contributed by atoms with van der Waals surface area (Å²) in [5.41, 5.74) is 0. The monoisotopic (exact) mass is 363 g/mol. The van der Waals surface area contributed by atoms with Crippen LogP contribution in [0.5, 0.6) is 11.5 Å². The van der Waals surface area contributed by atoms with E-state index in [1.165, 1.54) is 6.92 Å². The minimum atomic E-state index is -0.331. The van der Waals surface area contributed by atoms with E-state index in [1.807, 2.05) is 0 Å². The summed E-state index contributed by atoms with van der Waals surface area (Å²) >= 11 is 0. The number of carbonyl (C=O) groups is 3. The summed E-state index contributed by atoms with van der Waals surface area (Å²) in [5, 5.41) is 2.67. The smallest absolute Gasteiger partial charge is 0.232 e. The van der Waals surface area contributed by atoms with Crippen molar-refractivity contribution in [3.8, 4) is 11.5 Å². The number of amides is 3. The third-order valence-electron chi connectivity index (χ3n) is 4.14. The molecular weight excluding hydrogens is 338 g/mol. The summed E-state index contributed by atoms with van der Waals surface area (Å²) in [4.78, 5) is 38.6. The highest BCUT2D eigenvalue weighted by atomic mass is 16.5. The quantitative estimate of drug-likeness (QED) is 0.555. The second-order valence-electron chi connectivity index (χ2n) is 5.94. The molecule has 0 atom stereocenters. The van der Waals surface area contributed by atoms with E-state index in [0.29, 0.717) is 45.1 Å². The Bertz CT molecular complexity index is 624. The van der Waals surface area contributed by atoms with Gasteiger partial charge in [0.05, 0.1) is 13.7 Å². The lowest BCUT2D eigenvalue weighted by molar-refractivity contribution is -0.141. The molecule has 8 heteroatoms. The Morgan fingerprint density at radius 3 is 2.15 bits per heavy atom. The number of nitrogens with zero attached hydrogens (tertiary/aromatic N) is 2. The number of piperazine rings is 1. The Balaban J connectivity index is 1.62. The van der Waals surface area contributed by atoms with Gasteiger partial charge in [0.25, 0.3) is 0 Å². The molecule has 1 N–H and O–H groups in total. The van der Waals surface area contributed by atoms with Crippen LogP contribution in [0.4, 0.5) is 0 Å². The van der Waals surface area contributed by atoms with Gasteiger partial charge in [0.2, 0.25) is 17.7 Å². The number of methoxy groups -OCH3 is 1. The summed E-state index contributed by atoms with van der Waals surface area (Å²) in [6.45, 7) is 4.09. The van der Waals surface area contributed by atoms with E-state index < -0.39 is 0 Å². The Hall–Kier alpha value is -2.77. The Morgan fingerprint density at radius 2 is 1.58 bits per heavy atom. The number of nitrogens with one attached hydrogen (secondary N) is 1. The first-order valence-electron chi connectivity index (χ1n) is 8.56. The van der Waals surface area contributed by atoms with E-state index in [0.717, 1.165) is 5.75 Å². The number of benzene rings is 1. The molecule has 0 aliphatic carbocycles. The fourth-order valence-electron chi connectivity index (χ4n) is 2.61. The number of hydrogen-bond donors (Lipinski definition) is 1. The van der Waals surface area contributed by atoms with Crippen LogP contribution in [0, 0.1) is 0 Å². The van der Waals surface area contributed by atoms with Crippen LogP contribution >= 0.6 is 0 Å². The molecule has 1 fully saturated rings. The zero-order valence-corrected chi connectivity index (χ0v) is 15.2.